The number of hydrogen-bond acceptors (Lipinski definition) is 5. The Bertz CT molecular complexity index is 933. The number of benzene rings is 1. The molecule has 2 heterocycles. The third-order valence-electron chi connectivity index (χ3n) is 4.96. The van der Waals surface area contributed by atoms with Gasteiger partial charge in [0, 0.05) is 39.0 Å². The van der Waals surface area contributed by atoms with Crippen molar-refractivity contribution in [1.29, 1.82) is 0 Å². The number of aryl methyl sites for hydroxylation is 2. The number of aliphatic hydroxyl groups is 1. The Labute approximate surface area is 165 Å². The number of aliphatic hydroxyl groups excluding tert-OH is 1. The van der Waals surface area contributed by atoms with Gasteiger partial charge in [0.2, 0.25) is 15.9 Å². The lowest BCUT2D eigenvalue weighted by atomic mass is 10.2. The van der Waals surface area contributed by atoms with Crippen molar-refractivity contribution in [3.05, 3.63) is 24.0 Å². The Hall–Kier alpha value is -1.97. The first-order valence-electron chi connectivity index (χ1n) is 9.84. The predicted octanol–water partition coefficient (Wildman–Crippen LogP) is 1.27. The van der Waals surface area contributed by atoms with Crippen LogP contribution in [0.15, 0.2) is 23.1 Å². The molecule has 9 heteroatoms. The van der Waals surface area contributed by atoms with E-state index in [-0.39, 0.29) is 30.4 Å². The molecule has 28 heavy (non-hydrogen) atoms. The Morgan fingerprint density at radius 2 is 2.04 bits per heavy atom. The first-order valence-corrected chi connectivity index (χ1v) is 11.3. The minimum Gasteiger partial charge on any atom is -0.395 e. The molecule has 1 aromatic heterocycles. The summed E-state index contributed by atoms with van der Waals surface area (Å²) in [6, 6.07) is 5.11. The lowest BCUT2D eigenvalue weighted by Gasteiger charge is -2.15. The van der Waals surface area contributed by atoms with Crippen LogP contribution in [0.5, 0.6) is 0 Å². The van der Waals surface area contributed by atoms with Crippen LogP contribution < -0.4 is 5.32 Å². The Morgan fingerprint density at radius 3 is 2.71 bits per heavy atom. The number of carbonyl (C=O) groups is 1. The van der Waals surface area contributed by atoms with Crippen molar-refractivity contribution in [2.75, 3.05) is 26.2 Å². The van der Waals surface area contributed by atoms with Gasteiger partial charge in [0.25, 0.3) is 0 Å². The number of sulfonamides is 1. The number of amides is 1. The van der Waals surface area contributed by atoms with E-state index in [2.05, 4.69) is 21.8 Å². The molecule has 1 aliphatic heterocycles. The van der Waals surface area contributed by atoms with Gasteiger partial charge in [-0.05, 0) is 37.5 Å². The zero-order chi connectivity index (χ0) is 20.1. The molecule has 0 saturated carbocycles. The molecule has 3 rings (SSSR count). The number of imidazole rings is 1. The van der Waals surface area contributed by atoms with Crippen molar-refractivity contribution in [2.24, 2.45) is 0 Å². The third kappa shape index (κ3) is 4.37. The van der Waals surface area contributed by atoms with Crippen molar-refractivity contribution in [3.63, 3.8) is 0 Å². The van der Waals surface area contributed by atoms with E-state index in [9.17, 15) is 13.2 Å². The van der Waals surface area contributed by atoms with E-state index in [1.807, 2.05) is 6.07 Å². The van der Waals surface area contributed by atoms with Gasteiger partial charge in [-0.25, -0.2) is 13.4 Å². The van der Waals surface area contributed by atoms with Gasteiger partial charge < -0.3 is 15.0 Å². The smallest absolute Gasteiger partial charge is 0.243 e. The summed E-state index contributed by atoms with van der Waals surface area (Å²) in [5.74, 6) is 0.633. The van der Waals surface area contributed by atoms with E-state index in [1.165, 1.54) is 4.31 Å². The maximum atomic E-state index is 12.8. The van der Waals surface area contributed by atoms with Crippen molar-refractivity contribution < 1.29 is 18.3 Å². The molecule has 0 bridgehead atoms. The van der Waals surface area contributed by atoms with Crippen LogP contribution in [0, 0.1) is 0 Å². The molecule has 0 spiro atoms. The first kappa shape index (κ1) is 20.8. The van der Waals surface area contributed by atoms with E-state index >= 15 is 0 Å². The molecule has 8 nitrogen and oxygen atoms in total. The second-order valence-electron chi connectivity index (χ2n) is 7.01. The number of nitrogens with zero attached hydrogens (tertiary/aromatic N) is 3. The second kappa shape index (κ2) is 9.02. The highest BCUT2D eigenvalue weighted by Gasteiger charge is 2.27. The summed E-state index contributed by atoms with van der Waals surface area (Å²) in [4.78, 5) is 16.8. The van der Waals surface area contributed by atoms with Gasteiger partial charge in [0.05, 0.1) is 22.5 Å². The van der Waals surface area contributed by atoms with Crippen molar-refractivity contribution in [2.45, 2.75) is 50.5 Å². The lowest BCUT2D eigenvalue weighted by Crippen LogP contribution is -2.27. The summed E-state index contributed by atoms with van der Waals surface area (Å²) in [5, 5.41) is 11.4. The van der Waals surface area contributed by atoms with Crippen LogP contribution in [0.4, 0.5) is 0 Å². The van der Waals surface area contributed by atoms with Crippen LogP contribution >= 0.6 is 0 Å². The van der Waals surface area contributed by atoms with Crippen LogP contribution in [0.3, 0.4) is 0 Å². The number of aromatic nitrogens is 2. The van der Waals surface area contributed by atoms with Gasteiger partial charge in [-0.2, -0.15) is 4.31 Å². The average Bonchev–Trinajstić information content (AvgIpc) is 3.33. The molecule has 1 saturated heterocycles. The number of fused-ring (bicyclic) bond motifs is 1. The number of rotatable bonds is 9. The fraction of sp³-hybridized carbons (Fsp3) is 0.579. The third-order valence-corrected chi connectivity index (χ3v) is 6.85. The highest BCUT2D eigenvalue weighted by Crippen LogP contribution is 2.25. The molecule has 1 aromatic carbocycles. The standard InChI is InChI=1S/C19H28N4O4S/c1-2-10-23-17-6-5-15(28(26,27)22-11-3-4-12-22)14-16(17)21-18(23)7-8-19(25)20-9-13-24/h5-6,14,24H,2-4,7-13H2,1H3,(H,20,25). The molecule has 0 atom stereocenters. The molecule has 0 radical (unpaired) electrons. The number of hydrogen-bond donors (Lipinski definition) is 2. The summed E-state index contributed by atoms with van der Waals surface area (Å²) >= 11 is 0. The van der Waals surface area contributed by atoms with E-state index in [1.54, 1.807) is 12.1 Å². The second-order valence-corrected chi connectivity index (χ2v) is 8.95. The van der Waals surface area contributed by atoms with Crippen LogP contribution in [0.25, 0.3) is 11.0 Å². The van der Waals surface area contributed by atoms with Crippen LogP contribution in [0.2, 0.25) is 0 Å². The summed E-state index contributed by atoms with van der Waals surface area (Å²) in [6.45, 7) is 4.10. The molecule has 1 aliphatic rings. The molecule has 0 unspecified atom stereocenters. The zero-order valence-electron chi connectivity index (χ0n) is 16.2. The topological polar surface area (TPSA) is 105 Å². The normalized spacial score (nSPS) is 15.4. The van der Waals surface area contributed by atoms with E-state index in [4.69, 9.17) is 5.11 Å². The highest BCUT2D eigenvalue weighted by atomic mass is 32.2. The molecule has 2 aromatic rings. The SMILES string of the molecule is CCCn1c(CCC(=O)NCCO)nc2cc(S(=O)(=O)N3CCCC3)ccc21. The molecular weight excluding hydrogens is 380 g/mol. The summed E-state index contributed by atoms with van der Waals surface area (Å²) in [6.07, 6.45) is 3.43. The summed E-state index contributed by atoms with van der Waals surface area (Å²) in [7, 11) is -3.49. The van der Waals surface area contributed by atoms with Crippen LogP contribution in [-0.2, 0) is 27.8 Å². The first-order chi connectivity index (χ1) is 13.5. The predicted molar refractivity (Wildman–Crippen MR) is 106 cm³/mol. The van der Waals surface area contributed by atoms with Gasteiger partial charge in [-0.1, -0.05) is 6.92 Å². The van der Waals surface area contributed by atoms with Gasteiger partial charge in [0.15, 0.2) is 0 Å². The monoisotopic (exact) mass is 408 g/mol. The van der Waals surface area contributed by atoms with Gasteiger partial charge >= 0.3 is 0 Å². The maximum Gasteiger partial charge on any atom is 0.243 e. The van der Waals surface area contributed by atoms with Crippen LogP contribution in [0.1, 0.15) is 38.4 Å². The highest BCUT2D eigenvalue weighted by molar-refractivity contribution is 7.89. The fourth-order valence-corrected chi connectivity index (χ4v) is 5.11. The van der Waals surface area contributed by atoms with Crippen LogP contribution in [-0.4, -0.2) is 59.5 Å². The van der Waals surface area contributed by atoms with Crippen molar-refractivity contribution in [1.82, 2.24) is 19.2 Å². The quantitative estimate of drug-likeness (QED) is 0.650. The average molecular weight is 409 g/mol. The number of nitrogens with one attached hydrogen (secondary N) is 1. The van der Waals surface area contributed by atoms with E-state index in [0.29, 0.717) is 25.0 Å². The van der Waals surface area contributed by atoms with Crippen molar-refractivity contribution >= 4 is 27.0 Å². The summed E-state index contributed by atoms with van der Waals surface area (Å²) < 4.78 is 29.2. The lowest BCUT2D eigenvalue weighted by molar-refractivity contribution is -0.121. The molecule has 0 aliphatic carbocycles. The Kier molecular flexibility index (Phi) is 6.69. The minimum absolute atomic E-state index is 0.0889. The maximum absolute atomic E-state index is 12.8. The molecular formula is C19H28N4O4S. The molecule has 1 fully saturated rings. The summed E-state index contributed by atoms with van der Waals surface area (Å²) in [5.41, 5.74) is 1.52. The number of carbonyl (C=O) groups excluding carboxylic acids is 1. The zero-order valence-corrected chi connectivity index (χ0v) is 17.0. The van der Waals surface area contributed by atoms with E-state index < -0.39 is 10.0 Å². The molecule has 154 valence electrons. The largest absolute Gasteiger partial charge is 0.395 e. The van der Waals surface area contributed by atoms with E-state index in [0.717, 1.165) is 37.1 Å². The Morgan fingerprint density at radius 1 is 1.29 bits per heavy atom. The minimum atomic E-state index is -3.49. The van der Waals surface area contributed by atoms with Gasteiger partial charge in [-0.3, -0.25) is 4.79 Å². The van der Waals surface area contributed by atoms with Gasteiger partial charge in [0.1, 0.15) is 5.82 Å². The van der Waals surface area contributed by atoms with Gasteiger partial charge in [-0.15, -0.1) is 0 Å². The van der Waals surface area contributed by atoms with Crippen molar-refractivity contribution in [3.8, 4) is 0 Å². The fourth-order valence-electron chi connectivity index (χ4n) is 3.57. The molecule has 1 amide bonds. The Balaban J connectivity index is 1.88. The molecule has 2 N–H and O–H groups in total.